The van der Waals surface area contributed by atoms with Gasteiger partial charge in [0, 0.05) is 0 Å². The van der Waals surface area contributed by atoms with Crippen LogP contribution in [-0.2, 0) is 4.79 Å². The summed E-state index contributed by atoms with van der Waals surface area (Å²) in [7, 11) is 0. The smallest absolute Gasteiger partial charge is 0.332 e. The van der Waals surface area contributed by atoms with Gasteiger partial charge in [-0.3, -0.25) is 0 Å². The summed E-state index contributed by atoms with van der Waals surface area (Å²) in [4.78, 5) is 10.6. The number of carboxylic acid groups (broad SMARTS) is 1. The second kappa shape index (κ2) is 4.30. The SMILES string of the molecule is CC1(C)CCCC(C(O)C(=O)O)CC1. The van der Waals surface area contributed by atoms with E-state index in [1.54, 1.807) is 0 Å². The van der Waals surface area contributed by atoms with E-state index in [0.717, 1.165) is 32.1 Å². The molecule has 0 heterocycles. The predicted octanol–water partition coefficient (Wildman–Crippen LogP) is 2.04. The van der Waals surface area contributed by atoms with Gasteiger partial charge in [-0.15, -0.1) is 0 Å². The molecule has 0 spiro atoms. The number of aliphatic hydroxyl groups is 1. The van der Waals surface area contributed by atoms with Gasteiger partial charge in [-0.25, -0.2) is 4.79 Å². The fraction of sp³-hybridized carbons (Fsp3) is 0.909. The molecule has 3 heteroatoms. The zero-order chi connectivity index (χ0) is 10.8. The molecular weight excluding hydrogens is 180 g/mol. The molecule has 2 unspecified atom stereocenters. The fourth-order valence-electron chi connectivity index (χ4n) is 2.21. The maximum absolute atomic E-state index is 10.6. The van der Waals surface area contributed by atoms with E-state index in [4.69, 9.17) is 5.11 Å². The Labute approximate surface area is 85.1 Å². The minimum atomic E-state index is -1.16. The van der Waals surface area contributed by atoms with Crippen molar-refractivity contribution in [2.45, 2.75) is 52.1 Å². The van der Waals surface area contributed by atoms with E-state index in [1.165, 1.54) is 0 Å². The van der Waals surface area contributed by atoms with Gasteiger partial charge in [0.05, 0.1) is 0 Å². The van der Waals surface area contributed by atoms with Crippen LogP contribution in [0.3, 0.4) is 0 Å². The highest BCUT2D eigenvalue weighted by molar-refractivity contribution is 5.72. The van der Waals surface area contributed by atoms with Crippen LogP contribution in [0.4, 0.5) is 0 Å². The third kappa shape index (κ3) is 2.98. The molecule has 0 aromatic carbocycles. The van der Waals surface area contributed by atoms with E-state index in [-0.39, 0.29) is 5.92 Å². The van der Waals surface area contributed by atoms with Crippen molar-refractivity contribution in [3.8, 4) is 0 Å². The van der Waals surface area contributed by atoms with Gasteiger partial charge in [-0.2, -0.15) is 0 Å². The Hall–Kier alpha value is -0.570. The summed E-state index contributed by atoms with van der Waals surface area (Å²) in [6, 6.07) is 0. The Balaban J connectivity index is 2.54. The average Bonchev–Trinajstić information content (AvgIpc) is 2.25. The van der Waals surface area contributed by atoms with Gasteiger partial charge in [0.25, 0.3) is 0 Å². The number of aliphatic hydroxyl groups excluding tert-OH is 1. The highest BCUT2D eigenvalue weighted by atomic mass is 16.4. The first kappa shape index (κ1) is 11.5. The number of carbonyl (C=O) groups is 1. The monoisotopic (exact) mass is 200 g/mol. The summed E-state index contributed by atoms with van der Waals surface area (Å²) in [6.07, 6.45) is 3.70. The van der Waals surface area contributed by atoms with E-state index in [0.29, 0.717) is 5.41 Å². The number of hydrogen-bond acceptors (Lipinski definition) is 2. The molecule has 14 heavy (non-hydrogen) atoms. The van der Waals surface area contributed by atoms with Crippen molar-refractivity contribution in [2.24, 2.45) is 11.3 Å². The van der Waals surface area contributed by atoms with Crippen molar-refractivity contribution < 1.29 is 15.0 Å². The van der Waals surface area contributed by atoms with Crippen LogP contribution < -0.4 is 0 Å². The van der Waals surface area contributed by atoms with E-state index in [9.17, 15) is 9.90 Å². The van der Waals surface area contributed by atoms with Crippen molar-refractivity contribution in [1.29, 1.82) is 0 Å². The molecule has 0 aliphatic heterocycles. The van der Waals surface area contributed by atoms with Gasteiger partial charge in [0.15, 0.2) is 6.10 Å². The zero-order valence-electron chi connectivity index (χ0n) is 8.99. The molecule has 1 rings (SSSR count). The van der Waals surface area contributed by atoms with Crippen LogP contribution in [0.2, 0.25) is 0 Å². The summed E-state index contributed by atoms with van der Waals surface area (Å²) >= 11 is 0. The molecule has 2 N–H and O–H groups in total. The zero-order valence-corrected chi connectivity index (χ0v) is 8.99. The highest BCUT2D eigenvalue weighted by Crippen LogP contribution is 2.37. The second-order valence-corrected chi connectivity index (χ2v) is 5.14. The fourth-order valence-corrected chi connectivity index (χ4v) is 2.21. The Morgan fingerprint density at radius 3 is 2.57 bits per heavy atom. The van der Waals surface area contributed by atoms with Crippen LogP contribution >= 0.6 is 0 Å². The third-order valence-electron chi connectivity index (χ3n) is 3.32. The van der Waals surface area contributed by atoms with Crippen LogP contribution in [0, 0.1) is 11.3 Å². The molecule has 3 nitrogen and oxygen atoms in total. The van der Waals surface area contributed by atoms with E-state index in [1.807, 2.05) is 0 Å². The van der Waals surface area contributed by atoms with E-state index in [2.05, 4.69) is 13.8 Å². The van der Waals surface area contributed by atoms with Gasteiger partial charge in [0.1, 0.15) is 0 Å². The average molecular weight is 200 g/mol. The van der Waals surface area contributed by atoms with E-state index < -0.39 is 12.1 Å². The summed E-state index contributed by atoms with van der Waals surface area (Å²) < 4.78 is 0. The lowest BCUT2D eigenvalue weighted by Crippen LogP contribution is -2.29. The Morgan fingerprint density at radius 2 is 2.00 bits per heavy atom. The van der Waals surface area contributed by atoms with Crippen molar-refractivity contribution in [2.75, 3.05) is 0 Å². The quantitative estimate of drug-likeness (QED) is 0.671. The minimum absolute atomic E-state index is 0.0470. The maximum Gasteiger partial charge on any atom is 0.332 e. The van der Waals surface area contributed by atoms with Crippen LogP contribution in [0.15, 0.2) is 0 Å². The molecule has 1 aliphatic rings. The van der Waals surface area contributed by atoms with Gasteiger partial charge >= 0.3 is 5.97 Å². The Bertz CT molecular complexity index is 211. The van der Waals surface area contributed by atoms with Crippen molar-refractivity contribution in [3.63, 3.8) is 0 Å². The number of aliphatic carboxylic acids is 1. The first-order valence-corrected chi connectivity index (χ1v) is 5.33. The van der Waals surface area contributed by atoms with Crippen LogP contribution in [0.25, 0.3) is 0 Å². The molecule has 2 atom stereocenters. The maximum atomic E-state index is 10.6. The summed E-state index contributed by atoms with van der Waals surface area (Å²) in [5.41, 5.74) is 0.312. The molecule has 0 amide bonds. The van der Waals surface area contributed by atoms with Crippen LogP contribution in [0.1, 0.15) is 46.0 Å². The molecule has 1 fully saturated rings. The first-order chi connectivity index (χ1) is 6.42. The van der Waals surface area contributed by atoms with Gasteiger partial charge < -0.3 is 10.2 Å². The molecule has 82 valence electrons. The second-order valence-electron chi connectivity index (χ2n) is 5.14. The van der Waals surface area contributed by atoms with Crippen molar-refractivity contribution in [1.82, 2.24) is 0 Å². The van der Waals surface area contributed by atoms with Gasteiger partial charge in [-0.05, 0) is 37.0 Å². The molecule has 1 aliphatic carbocycles. The molecule has 0 radical (unpaired) electrons. The summed E-state index contributed by atoms with van der Waals surface area (Å²) in [5.74, 6) is -1.12. The lowest BCUT2D eigenvalue weighted by molar-refractivity contribution is -0.149. The van der Waals surface area contributed by atoms with Crippen LogP contribution in [0.5, 0.6) is 0 Å². The van der Waals surface area contributed by atoms with E-state index >= 15 is 0 Å². The minimum Gasteiger partial charge on any atom is -0.479 e. The molecule has 0 bridgehead atoms. The Kier molecular flexibility index (Phi) is 3.53. The first-order valence-electron chi connectivity index (χ1n) is 5.33. The molecule has 0 aromatic rings. The number of carboxylic acids is 1. The van der Waals surface area contributed by atoms with Crippen LogP contribution in [-0.4, -0.2) is 22.3 Å². The topological polar surface area (TPSA) is 57.5 Å². The highest BCUT2D eigenvalue weighted by Gasteiger charge is 2.31. The molecule has 0 saturated heterocycles. The standard InChI is InChI=1S/C11H20O3/c1-11(2)6-3-4-8(5-7-11)9(12)10(13)14/h8-9,12H,3-7H2,1-2H3,(H,13,14). The summed E-state index contributed by atoms with van der Waals surface area (Å²) in [6.45, 7) is 4.42. The van der Waals surface area contributed by atoms with Gasteiger partial charge in [-0.1, -0.05) is 20.3 Å². The van der Waals surface area contributed by atoms with Crippen molar-refractivity contribution >= 4 is 5.97 Å². The largest absolute Gasteiger partial charge is 0.479 e. The van der Waals surface area contributed by atoms with Gasteiger partial charge in [0.2, 0.25) is 0 Å². The summed E-state index contributed by atoms with van der Waals surface area (Å²) in [5, 5.41) is 18.2. The predicted molar refractivity (Wildman–Crippen MR) is 54.0 cm³/mol. The number of rotatable bonds is 2. The molecule has 0 aromatic heterocycles. The van der Waals surface area contributed by atoms with Crippen molar-refractivity contribution in [3.05, 3.63) is 0 Å². The normalized spacial score (nSPS) is 29.2. The lowest BCUT2D eigenvalue weighted by atomic mass is 9.84. The lowest BCUT2D eigenvalue weighted by Gasteiger charge is -2.22. The third-order valence-corrected chi connectivity index (χ3v) is 3.32. The number of hydrogen-bond donors (Lipinski definition) is 2. The molecular formula is C11H20O3. The Morgan fingerprint density at radius 1 is 1.36 bits per heavy atom. The molecule has 1 saturated carbocycles.